The van der Waals surface area contributed by atoms with Crippen LogP contribution in [0.3, 0.4) is 0 Å². The molecule has 0 bridgehead atoms. The van der Waals surface area contributed by atoms with Gasteiger partial charge in [0.1, 0.15) is 16.6 Å². The lowest BCUT2D eigenvalue weighted by atomic mass is 10.1. The number of hydrogen-bond acceptors (Lipinski definition) is 6. The summed E-state index contributed by atoms with van der Waals surface area (Å²) in [7, 11) is 0. The zero-order valence-corrected chi connectivity index (χ0v) is 15.8. The summed E-state index contributed by atoms with van der Waals surface area (Å²) >= 11 is 1.49. The molecular formula is C19H21N3O3S. The molecule has 0 aliphatic carbocycles. The normalized spacial score (nSPS) is 14.3. The van der Waals surface area contributed by atoms with Crippen LogP contribution in [0.4, 0.5) is 0 Å². The molecule has 6 nitrogen and oxygen atoms in total. The highest BCUT2D eigenvalue weighted by molar-refractivity contribution is 7.13. The molecule has 0 amide bonds. The van der Waals surface area contributed by atoms with Gasteiger partial charge in [0.2, 0.25) is 0 Å². The van der Waals surface area contributed by atoms with Gasteiger partial charge in [0.15, 0.2) is 0 Å². The fourth-order valence-corrected chi connectivity index (χ4v) is 3.74. The van der Waals surface area contributed by atoms with Crippen LogP contribution in [0.5, 0.6) is 0 Å². The molecule has 0 radical (unpaired) electrons. The minimum atomic E-state index is -0.343. The van der Waals surface area contributed by atoms with Gasteiger partial charge in [0.05, 0.1) is 30.0 Å². The summed E-state index contributed by atoms with van der Waals surface area (Å²) in [4.78, 5) is 19.0. The van der Waals surface area contributed by atoms with Gasteiger partial charge in [-0.2, -0.15) is 0 Å². The Kier molecular flexibility index (Phi) is 5.08. The van der Waals surface area contributed by atoms with E-state index in [4.69, 9.17) is 10.1 Å². The summed E-state index contributed by atoms with van der Waals surface area (Å²) in [6.07, 6.45) is 0. The first-order chi connectivity index (χ1) is 12.4. The topological polar surface area (TPSA) is 86.5 Å². The van der Waals surface area contributed by atoms with Crippen molar-refractivity contribution in [2.24, 2.45) is 0 Å². The number of carbonyl (C=O) groups excluding carboxylic acids is 1. The predicted molar refractivity (Wildman–Crippen MR) is 102 cm³/mol. The molecule has 0 saturated heterocycles. The number of amidine groups is 1. The van der Waals surface area contributed by atoms with Crippen LogP contribution in [0.1, 0.15) is 38.4 Å². The maximum absolute atomic E-state index is 11.7. The van der Waals surface area contributed by atoms with Crippen LogP contribution in [0, 0.1) is 19.3 Å². The van der Waals surface area contributed by atoms with Crippen molar-refractivity contribution in [3.8, 4) is 0 Å². The van der Waals surface area contributed by atoms with Gasteiger partial charge in [-0.1, -0.05) is 12.1 Å². The molecular weight excluding hydrogens is 350 g/mol. The van der Waals surface area contributed by atoms with E-state index in [-0.39, 0.29) is 24.1 Å². The highest BCUT2D eigenvalue weighted by Gasteiger charge is 2.30. The van der Waals surface area contributed by atoms with Crippen LogP contribution < -0.4 is 0 Å². The second-order valence-electron chi connectivity index (χ2n) is 6.10. The minimum Gasteiger partial charge on any atom is -0.510 e. The Labute approximate surface area is 156 Å². The summed E-state index contributed by atoms with van der Waals surface area (Å²) in [6, 6.07) is 7.11. The molecule has 1 aromatic heterocycles. The van der Waals surface area contributed by atoms with E-state index in [9.17, 15) is 9.90 Å². The number of thiazole rings is 1. The second kappa shape index (κ2) is 7.29. The molecule has 2 aromatic rings. The molecule has 26 heavy (non-hydrogen) atoms. The molecule has 0 fully saturated rings. The third kappa shape index (κ3) is 3.48. The van der Waals surface area contributed by atoms with Gasteiger partial charge in [-0.15, -0.1) is 11.3 Å². The third-order valence-electron chi connectivity index (χ3n) is 4.26. The van der Waals surface area contributed by atoms with Crippen molar-refractivity contribution in [1.82, 2.24) is 9.88 Å². The van der Waals surface area contributed by atoms with Gasteiger partial charge < -0.3 is 14.7 Å². The van der Waals surface area contributed by atoms with Crippen molar-refractivity contribution >= 4 is 28.7 Å². The first kappa shape index (κ1) is 18.1. The Balaban J connectivity index is 1.72. The number of nitrogens with zero attached hydrogens (tertiary/aromatic N) is 2. The number of aliphatic hydroxyl groups excluding tert-OH is 1. The predicted octanol–water partition coefficient (Wildman–Crippen LogP) is 3.70. The second-order valence-corrected chi connectivity index (χ2v) is 7.31. The van der Waals surface area contributed by atoms with Gasteiger partial charge in [0.25, 0.3) is 0 Å². The van der Waals surface area contributed by atoms with Crippen molar-refractivity contribution in [1.29, 1.82) is 5.41 Å². The molecule has 3 rings (SSSR count). The lowest BCUT2D eigenvalue weighted by Crippen LogP contribution is -2.26. The summed E-state index contributed by atoms with van der Waals surface area (Å²) in [5, 5.41) is 19.4. The van der Waals surface area contributed by atoms with E-state index in [0.717, 1.165) is 16.1 Å². The van der Waals surface area contributed by atoms with E-state index in [1.165, 1.54) is 11.3 Å². The zero-order chi connectivity index (χ0) is 18.8. The average Bonchev–Trinajstić information content (AvgIpc) is 3.07. The van der Waals surface area contributed by atoms with Gasteiger partial charge in [-0.25, -0.2) is 9.78 Å². The molecule has 2 N–H and O–H groups in total. The van der Waals surface area contributed by atoms with Crippen molar-refractivity contribution in [2.75, 3.05) is 13.2 Å². The van der Waals surface area contributed by atoms with E-state index in [1.54, 1.807) is 24.0 Å². The molecule has 0 atom stereocenters. The highest BCUT2D eigenvalue weighted by atomic mass is 32.1. The summed E-state index contributed by atoms with van der Waals surface area (Å²) in [5.74, 6) is 0.0988. The number of nitrogens with one attached hydrogen (secondary N) is 1. The number of carbonyl (C=O) groups is 1. The Morgan fingerprint density at radius 1 is 1.35 bits per heavy atom. The third-order valence-corrected chi connectivity index (χ3v) is 5.35. The van der Waals surface area contributed by atoms with Crippen LogP contribution in [-0.4, -0.2) is 39.9 Å². The molecule has 0 saturated carbocycles. The first-order valence-electron chi connectivity index (χ1n) is 8.37. The summed E-state index contributed by atoms with van der Waals surface area (Å²) in [6.45, 7) is 6.77. The highest BCUT2D eigenvalue weighted by Crippen LogP contribution is 2.32. The maximum atomic E-state index is 11.7. The van der Waals surface area contributed by atoms with Gasteiger partial charge in [-0.3, -0.25) is 5.41 Å². The monoisotopic (exact) mass is 371 g/mol. The Morgan fingerprint density at radius 2 is 2.04 bits per heavy atom. The van der Waals surface area contributed by atoms with E-state index in [1.807, 2.05) is 26.0 Å². The van der Waals surface area contributed by atoms with Crippen molar-refractivity contribution in [3.63, 3.8) is 0 Å². The van der Waals surface area contributed by atoms with E-state index in [2.05, 4.69) is 4.98 Å². The molecule has 7 heteroatoms. The molecule has 1 aliphatic heterocycles. The quantitative estimate of drug-likeness (QED) is 0.783. The fraction of sp³-hybridized carbons (Fsp3) is 0.316. The number of aromatic nitrogens is 1. The number of aryl methyl sites for hydroxylation is 2. The van der Waals surface area contributed by atoms with E-state index < -0.39 is 0 Å². The molecule has 2 heterocycles. The smallest absolute Gasteiger partial charge is 0.338 e. The Hall–Kier alpha value is -2.67. The molecule has 1 aromatic carbocycles. The molecule has 0 unspecified atom stereocenters. The minimum absolute atomic E-state index is 0.173. The number of benzene rings is 1. The summed E-state index contributed by atoms with van der Waals surface area (Å²) in [5.41, 5.74) is 2.88. The van der Waals surface area contributed by atoms with Crippen LogP contribution in [0.2, 0.25) is 0 Å². The summed E-state index contributed by atoms with van der Waals surface area (Å²) < 4.78 is 4.98. The van der Waals surface area contributed by atoms with Gasteiger partial charge in [-0.05, 0) is 38.5 Å². The van der Waals surface area contributed by atoms with E-state index in [0.29, 0.717) is 29.3 Å². The average molecular weight is 371 g/mol. The first-order valence-corrected chi connectivity index (χ1v) is 9.18. The molecule has 1 aliphatic rings. The number of rotatable bonds is 5. The van der Waals surface area contributed by atoms with Crippen LogP contribution >= 0.6 is 11.3 Å². The van der Waals surface area contributed by atoms with Gasteiger partial charge in [0, 0.05) is 11.4 Å². The number of ether oxygens (including phenoxy) is 1. The van der Waals surface area contributed by atoms with Gasteiger partial charge >= 0.3 is 5.97 Å². The van der Waals surface area contributed by atoms with Crippen molar-refractivity contribution in [3.05, 3.63) is 56.7 Å². The molecule has 0 spiro atoms. The maximum Gasteiger partial charge on any atom is 0.338 e. The van der Waals surface area contributed by atoms with Crippen molar-refractivity contribution < 1.29 is 14.6 Å². The number of hydrogen-bond donors (Lipinski definition) is 2. The lowest BCUT2D eigenvalue weighted by molar-refractivity contribution is 0.0526. The van der Waals surface area contributed by atoms with Crippen molar-refractivity contribution in [2.45, 2.75) is 27.3 Å². The number of esters is 1. The van der Waals surface area contributed by atoms with E-state index >= 15 is 0 Å². The largest absolute Gasteiger partial charge is 0.510 e. The SMILES string of the molecule is CCOC(=O)c1ccc(CN2CC(O)=C(c3nc(C)c(C)s3)C2=N)cc1. The molecule has 136 valence electrons. The van der Waals surface area contributed by atoms with Crippen LogP contribution in [-0.2, 0) is 11.3 Å². The lowest BCUT2D eigenvalue weighted by Gasteiger charge is -2.18. The standard InChI is InChI=1S/C19H21N3O3S/c1-4-25-19(24)14-7-5-13(6-8-14)9-22-10-15(23)16(17(22)20)18-21-11(2)12(3)26-18/h5-8,20,23H,4,9-10H2,1-3H3. The fourth-order valence-electron chi connectivity index (χ4n) is 2.75. The van der Waals surface area contributed by atoms with Crippen LogP contribution in [0.15, 0.2) is 30.0 Å². The number of aliphatic hydroxyl groups is 1. The Bertz CT molecular complexity index is 864. The zero-order valence-electron chi connectivity index (χ0n) is 15.0. The Morgan fingerprint density at radius 3 is 2.62 bits per heavy atom. The van der Waals surface area contributed by atoms with Crippen LogP contribution in [0.25, 0.3) is 5.57 Å².